The van der Waals surface area contributed by atoms with Crippen LogP contribution in [0.15, 0.2) is 42.7 Å². The third-order valence-corrected chi connectivity index (χ3v) is 1.74. The molecule has 0 saturated carbocycles. The number of pyridine rings is 1. The summed E-state index contributed by atoms with van der Waals surface area (Å²) in [6.45, 7) is 0. The Hall–Kier alpha value is -1.83. The summed E-state index contributed by atoms with van der Waals surface area (Å²) in [7, 11) is 0. The van der Waals surface area contributed by atoms with Gasteiger partial charge in [0.25, 0.3) is 0 Å². The molecule has 0 radical (unpaired) electrons. The van der Waals surface area contributed by atoms with Crippen molar-refractivity contribution in [3.8, 4) is 0 Å². The van der Waals surface area contributed by atoms with Crippen molar-refractivity contribution in [3.05, 3.63) is 54.1 Å². The minimum absolute atomic E-state index is 0.970. The first-order chi connectivity index (χ1) is 6.45. The van der Waals surface area contributed by atoms with Crippen molar-refractivity contribution in [1.29, 1.82) is 0 Å². The minimum atomic E-state index is 0.970. The third-order valence-electron chi connectivity index (χ3n) is 1.74. The van der Waals surface area contributed by atoms with Crippen molar-refractivity contribution in [2.75, 3.05) is 0 Å². The molecule has 1 N–H and O–H groups in total. The Labute approximate surface area is 77.0 Å². The monoisotopic (exact) mass is 170 g/mol. The lowest BCUT2D eigenvalue weighted by molar-refractivity contribution is 1.30. The molecule has 0 aliphatic heterocycles. The molecule has 2 heteroatoms. The Morgan fingerprint density at radius 3 is 2.77 bits per heavy atom. The van der Waals surface area contributed by atoms with E-state index in [1.54, 1.807) is 6.20 Å². The van der Waals surface area contributed by atoms with Gasteiger partial charge in [0.2, 0.25) is 0 Å². The molecule has 64 valence electrons. The molecule has 0 aliphatic carbocycles. The van der Waals surface area contributed by atoms with Crippen LogP contribution in [0, 0.1) is 0 Å². The van der Waals surface area contributed by atoms with Gasteiger partial charge in [-0.05, 0) is 36.4 Å². The molecular formula is C11H10N2. The summed E-state index contributed by atoms with van der Waals surface area (Å²) >= 11 is 0. The van der Waals surface area contributed by atoms with Gasteiger partial charge in [-0.1, -0.05) is 6.07 Å². The highest BCUT2D eigenvalue weighted by atomic mass is 14.7. The molecule has 2 heterocycles. The maximum atomic E-state index is 4.18. The molecule has 0 saturated heterocycles. The average Bonchev–Trinajstić information content (AvgIpc) is 2.69. The van der Waals surface area contributed by atoms with E-state index < -0.39 is 0 Å². The van der Waals surface area contributed by atoms with E-state index >= 15 is 0 Å². The van der Waals surface area contributed by atoms with Crippen LogP contribution >= 0.6 is 0 Å². The predicted octanol–water partition coefficient (Wildman–Crippen LogP) is 2.58. The van der Waals surface area contributed by atoms with E-state index in [-0.39, 0.29) is 0 Å². The van der Waals surface area contributed by atoms with Gasteiger partial charge >= 0.3 is 0 Å². The van der Waals surface area contributed by atoms with Crippen LogP contribution in [0.5, 0.6) is 0 Å². The fourth-order valence-electron chi connectivity index (χ4n) is 1.10. The van der Waals surface area contributed by atoms with E-state index in [9.17, 15) is 0 Å². The van der Waals surface area contributed by atoms with Gasteiger partial charge in [-0.15, -0.1) is 0 Å². The molecule has 2 nitrogen and oxygen atoms in total. The number of hydrogen-bond acceptors (Lipinski definition) is 1. The van der Waals surface area contributed by atoms with Crippen molar-refractivity contribution < 1.29 is 0 Å². The topological polar surface area (TPSA) is 28.7 Å². The SMILES string of the molecule is C(=C\c1ccc[nH]1)/c1ccccn1. The third kappa shape index (κ3) is 2.06. The second-order valence-corrected chi connectivity index (χ2v) is 2.71. The van der Waals surface area contributed by atoms with Crippen LogP contribution in [-0.4, -0.2) is 9.97 Å². The number of aromatic nitrogens is 2. The molecule has 13 heavy (non-hydrogen) atoms. The first-order valence-corrected chi connectivity index (χ1v) is 4.18. The Morgan fingerprint density at radius 1 is 1.08 bits per heavy atom. The first-order valence-electron chi connectivity index (χ1n) is 4.18. The molecule has 2 rings (SSSR count). The fraction of sp³-hybridized carbons (Fsp3) is 0. The largest absolute Gasteiger partial charge is 0.362 e. The van der Waals surface area contributed by atoms with Crippen LogP contribution < -0.4 is 0 Å². The number of nitrogens with one attached hydrogen (secondary N) is 1. The number of aromatic amines is 1. The quantitative estimate of drug-likeness (QED) is 0.737. The standard InChI is InChI=1S/C11H10N2/c1-2-8-12-10(4-1)6-7-11-5-3-9-13-11/h1-9,13H/b7-6+. The summed E-state index contributed by atoms with van der Waals surface area (Å²) in [6, 6.07) is 9.84. The van der Waals surface area contributed by atoms with E-state index in [2.05, 4.69) is 9.97 Å². The highest BCUT2D eigenvalue weighted by Crippen LogP contribution is 2.02. The highest BCUT2D eigenvalue weighted by molar-refractivity contribution is 5.65. The van der Waals surface area contributed by atoms with Gasteiger partial charge in [0.1, 0.15) is 0 Å². The number of hydrogen-bond donors (Lipinski definition) is 1. The van der Waals surface area contributed by atoms with Crippen molar-refractivity contribution in [3.63, 3.8) is 0 Å². The summed E-state index contributed by atoms with van der Waals surface area (Å²) in [4.78, 5) is 7.27. The Morgan fingerprint density at radius 2 is 2.08 bits per heavy atom. The molecular weight excluding hydrogens is 160 g/mol. The van der Waals surface area contributed by atoms with Crippen molar-refractivity contribution in [1.82, 2.24) is 9.97 Å². The van der Waals surface area contributed by atoms with Gasteiger partial charge in [-0.3, -0.25) is 4.98 Å². The smallest absolute Gasteiger partial charge is 0.0630 e. The summed E-state index contributed by atoms with van der Waals surface area (Å²) in [6.07, 6.45) is 7.67. The van der Waals surface area contributed by atoms with E-state index in [4.69, 9.17) is 0 Å². The van der Waals surface area contributed by atoms with Crippen molar-refractivity contribution in [2.24, 2.45) is 0 Å². The lowest BCUT2D eigenvalue weighted by Gasteiger charge is -1.89. The van der Waals surface area contributed by atoms with Gasteiger partial charge in [-0.2, -0.15) is 0 Å². The summed E-state index contributed by atoms with van der Waals surface area (Å²) in [5.74, 6) is 0. The van der Waals surface area contributed by atoms with Gasteiger partial charge in [-0.25, -0.2) is 0 Å². The number of nitrogens with zero attached hydrogens (tertiary/aromatic N) is 1. The van der Waals surface area contributed by atoms with Crippen molar-refractivity contribution in [2.45, 2.75) is 0 Å². The van der Waals surface area contributed by atoms with E-state index in [1.807, 2.05) is 48.7 Å². The van der Waals surface area contributed by atoms with E-state index in [0.717, 1.165) is 11.4 Å². The minimum Gasteiger partial charge on any atom is -0.362 e. The molecule has 0 unspecified atom stereocenters. The molecule has 0 fully saturated rings. The first kappa shape index (κ1) is 7.80. The number of rotatable bonds is 2. The molecule has 0 aliphatic rings. The molecule has 0 atom stereocenters. The van der Waals surface area contributed by atoms with Crippen molar-refractivity contribution >= 4 is 12.2 Å². The second kappa shape index (κ2) is 3.72. The van der Waals surface area contributed by atoms with Crippen LogP contribution in [-0.2, 0) is 0 Å². The summed E-state index contributed by atoms with van der Waals surface area (Å²) in [5, 5.41) is 0. The van der Waals surface area contributed by atoms with Crippen LogP contribution in [0.2, 0.25) is 0 Å². The fourth-order valence-corrected chi connectivity index (χ4v) is 1.10. The van der Waals surface area contributed by atoms with Crippen LogP contribution in [0.1, 0.15) is 11.4 Å². The lowest BCUT2D eigenvalue weighted by atomic mass is 10.3. The zero-order valence-electron chi connectivity index (χ0n) is 7.14. The molecule has 2 aromatic heterocycles. The van der Waals surface area contributed by atoms with Gasteiger partial charge in [0.15, 0.2) is 0 Å². The van der Waals surface area contributed by atoms with Crippen LogP contribution in [0.4, 0.5) is 0 Å². The van der Waals surface area contributed by atoms with E-state index in [0.29, 0.717) is 0 Å². The Balaban J connectivity index is 2.15. The molecule has 0 amide bonds. The Bertz CT molecular complexity index is 374. The Kier molecular flexibility index (Phi) is 2.23. The lowest BCUT2D eigenvalue weighted by Crippen LogP contribution is -1.76. The highest BCUT2D eigenvalue weighted by Gasteiger charge is 1.86. The van der Waals surface area contributed by atoms with Gasteiger partial charge in [0, 0.05) is 18.1 Å². The van der Waals surface area contributed by atoms with Gasteiger partial charge in [0.05, 0.1) is 5.69 Å². The molecule has 2 aromatic rings. The van der Waals surface area contributed by atoms with E-state index in [1.165, 1.54) is 0 Å². The zero-order valence-corrected chi connectivity index (χ0v) is 7.14. The van der Waals surface area contributed by atoms with Gasteiger partial charge < -0.3 is 4.98 Å². The number of H-pyrrole nitrogens is 1. The second-order valence-electron chi connectivity index (χ2n) is 2.71. The van der Waals surface area contributed by atoms with Crippen LogP contribution in [0.25, 0.3) is 12.2 Å². The maximum Gasteiger partial charge on any atom is 0.0630 e. The predicted molar refractivity (Wildman–Crippen MR) is 54.0 cm³/mol. The molecule has 0 spiro atoms. The summed E-state index contributed by atoms with van der Waals surface area (Å²) in [5.41, 5.74) is 2.06. The maximum absolute atomic E-state index is 4.18. The molecule has 0 bridgehead atoms. The van der Waals surface area contributed by atoms with Crippen LogP contribution in [0.3, 0.4) is 0 Å². The summed E-state index contributed by atoms with van der Waals surface area (Å²) < 4.78 is 0. The normalized spacial score (nSPS) is 10.8. The average molecular weight is 170 g/mol. The molecule has 0 aromatic carbocycles. The zero-order chi connectivity index (χ0) is 8.93.